The summed E-state index contributed by atoms with van der Waals surface area (Å²) < 4.78 is 41.4. The molecule has 0 saturated carbocycles. The lowest BCUT2D eigenvalue weighted by Crippen LogP contribution is -2.51. The molecule has 0 aromatic rings. The van der Waals surface area contributed by atoms with E-state index in [2.05, 4.69) is 0 Å². The fourth-order valence-electron chi connectivity index (χ4n) is 1.45. The summed E-state index contributed by atoms with van der Waals surface area (Å²) in [5.74, 6) is 0. The quantitative estimate of drug-likeness (QED) is 0.728. The number of hydrogen-bond donors (Lipinski definition) is 1. The maximum Gasteiger partial charge on any atom is 0.401 e. The highest BCUT2D eigenvalue weighted by atomic mass is 19.4. The summed E-state index contributed by atoms with van der Waals surface area (Å²) >= 11 is 0. The van der Waals surface area contributed by atoms with Gasteiger partial charge in [0.05, 0.1) is 19.3 Å². The maximum absolute atomic E-state index is 12.1. The maximum atomic E-state index is 12.1. The third-order valence-electron chi connectivity index (χ3n) is 2.17. The first kappa shape index (κ1) is 11.7. The zero-order valence-corrected chi connectivity index (χ0v) is 8.05. The molecular formula is C8H15F3N2O. The average molecular weight is 212 g/mol. The van der Waals surface area contributed by atoms with Gasteiger partial charge in [0, 0.05) is 19.1 Å². The zero-order chi connectivity index (χ0) is 10.8. The third-order valence-corrected chi connectivity index (χ3v) is 2.17. The van der Waals surface area contributed by atoms with E-state index in [0.29, 0.717) is 13.2 Å². The van der Waals surface area contributed by atoms with Gasteiger partial charge in [-0.15, -0.1) is 0 Å². The number of hydrogen-bond acceptors (Lipinski definition) is 3. The minimum absolute atomic E-state index is 0.231. The molecule has 84 valence electrons. The lowest BCUT2D eigenvalue weighted by atomic mass is 10.1. The predicted octanol–water partition coefficient (Wildman–Crippen LogP) is 0.597. The van der Waals surface area contributed by atoms with Crippen molar-refractivity contribution < 1.29 is 17.9 Å². The normalized spacial score (nSPS) is 27.6. The van der Waals surface area contributed by atoms with Gasteiger partial charge in [-0.1, -0.05) is 0 Å². The van der Waals surface area contributed by atoms with Crippen molar-refractivity contribution in [3.05, 3.63) is 0 Å². The van der Waals surface area contributed by atoms with E-state index in [-0.39, 0.29) is 18.7 Å². The van der Waals surface area contributed by atoms with Crippen LogP contribution >= 0.6 is 0 Å². The summed E-state index contributed by atoms with van der Waals surface area (Å²) in [5, 5.41) is 0. The van der Waals surface area contributed by atoms with Gasteiger partial charge in [-0.3, -0.25) is 4.90 Å². The molecule has 0 aromatic heterocycles. The Kier molecular flexibility index (Phi) is 3.74. The number of halogens is 3. The van der Waals surface area contributed by atoms with Crippen molar-refractivity contribution in [3.63, 3.8) is 0 Å². The van der Waals surface area contributed by atoms with E-state index in [1.165, 1.54) is 4.90 Å². The van der Waals surface area contributed by atoms with E-state index < -0.39 is 12.7 Å². The summed E-state index contributed by atoms with van der Waals surface area (Å²) in [7, 11) is 0. The molecule has 2 N–H and O–H groups in total. The van der Waals surface area contributed by atoms with Gasteiger partial charge < -0.3 is 10.5 Å². The van der Waals surface area contributed by atoms with Crippen LogP contribution in [-0.2, 0) is 4.74 Å². The topological polar surface area (TPSA) is 38.5 Å². The van der Waals surface area contributed by atoms with Crippen molar-refractivity contribution in [2.24, 2.45) is 5.73 Å². The van der Waals surface area contributed by atoms with E-state index in [9.17, 15) is 13.2 Å². The number of morpholine rings is 1. The van der Waals surface area contributed by atoms with E-state index >= 15 is 0 Å². The molecule has 14 heavy (non-hydrogen) atoms. The standard InChI is InChI=1S/C8H15F3N2O/c1-6(12)7-4-13(2-3-14-7)5-8(9,10)11/h6-7H,2-5,12H2,1H3. The summed E-state index contributed by atoms with van der Waals surface area (Å²) in [6.45, 7) is 1.77. The molecule has 1 aliphatic rings. The number of alkyl halides is 3. The summed E-state index contributed by atoms with van der Waals surface area (Å²) in [6, 6.07) is -0.231. The molecule has 1 rings (SSSR count). The highest BCUT2D eigenvalue weighted by Gasteiger charge is 2.33. The Hall–Kier alpha value is -0.330. The molecule has 1 heterocycles. The third kappa shape index (κ3) is 3.81. The monoisotopic (exact) mass is 212 g/mol. The SMILES string of the molecule is CC(N)C1CN(CC(F)(F)F)CCO1. The second-order valence-electron chi connectivity index (χ2n) is 3.62. The Labute approximate surface area is 81.0 Å². The molecule has 6 heteroatoms. The fraction of sp³-hybridized carbons (Fsp3) is 1.00. The summed E-state index contributed by atoms with van der Waals surface area (Å²) in [4.78, 5) is 1.33. The van der Waals surface area contributed by atoms with Gasteiger partial charge in [0.15, 0.2) is 0 Å². The van der Waals surface area contributed by atoms with Gasteiger partial charge in [-0.05, 0) is 6.92 Å². The van der Waals surface area contributed by atoms with Gasteiger partial charge in [0.1, 0.15) is 0 Å². The van der Waals surface area contributed by atoms with Gasteiger partial charge in [-0.2, -0.15) is 13.2 Å². The Morgan fingerprint density at radius 1 is 1.57 bits per heavy atom. The van der Waals surface area contributed by atoms with Crippen molar-refractivity contribution >= 4 is 0 Å². The smallest absolute Gasteiger partial charge is 0.374 e. The molecule has 2 unspecified atom stereocenters. The van der Waals surface area contributed by atoms with Gasteiger partial charge in [0.2, 0.25) is 0 Å². The summed E-state index contributed by atoms with van der Waals surface area (Å²) in [5.41, 5.74) is 5.56. The molecular weight excluding hydrogens is 197 g/mol. The second-order valence-corrected chi connectivity index (χ2v) is 3.62. The number of rotatable bonds is 2. The molecule has 0 aromatic carbocycles. The molecule has 3 nitrogen and oxygen atoms in total. The van der Waals surface area contributed by atoms with E-state index in [1.807, 2.05) is 0 Å². The van der Waals surface area contributed by atoms with Crippen LogP contribution in [0.1, 0.15) is 6.92 Å². The predicted molar refractivity (Wildman–Crippen MR) is 45.9 cm³/mol. The first-order chi connectivity index (χ1) is 6.38. The second kappa shape index (κ2) is 4.46. The van der Waals surface area contributed by atoms with E-state index in [4.69, 9.17) is 10.5 Å². The molecule has 0 bridgehead atoms. The molecule has 0 amide bonds. The van der Waals surface area contributed by atoms with Crippen LogP contribution in [0.3, 0.4) is 0 Å². The van der Waals surface area contributed by atoms with Gasteiger partial charge >= 0.3 is 6.18 Å². The fourth-order valence-corrected chi connectivity index (χ4v) is 1.45. The van der Waals surface area contributed by atoms with Crippen LogP contribution in [0.25, 0.3) is 0 Å². The van der Waals surface area contributed by atoms with Crippen LogP contribution in [0.15, 0.2) is 0 Å². The summed E-state index contributed by atoms with van der Waals surface area (Å²) in [6.07, 6.45) is -4.43. The van der Waals surface area contributed by atoms with Crippen LogP contribution in [0.5, 0.6) is 0 Å². The highest BCUT2D eigenvalue weighted by Crippen LogP contribution is 2.18. The zero-order valence-electron chi connectivity index (χ0n) is 8.05. The first-order valence-corrected chi connectivity index (χ1v) is 4.55. The molecule has 2 atom stereocenters. The van der Waals surface area contributed by atoms with Crippen LogP contribution in [0, 0.1) is 0 Å². The lowest BCUT2D eigenvalue weighted by molar-refractivity contribution is -0.160. The molecule has 1 fully saturated rings. The van der Waals surface area contributed by atoms with E-state index in [0.717, 1.165) is 0 Å². The van der Waals surface area contributed by atoms with Crippen LogP contribution in [0.4, 0.5) is 13.2 Å². The minimum atomic E-state index is -4.14. The molecule has 0 radical (unpaired) electrons. The van der Waals surface area contributed by atoms with Crippen molar-refractivity contribution in [1.29, 1.82) is 0 Å². The van der Waals surface area contributed by atoms with Crippen molar-refractivity contribution in [1.82, 2.24) is 4.90 Å². The Morgan fingerprint density at radius 3 is 2.71 bits per heavy atom. The Bertz CT molecular complexity index is 184. The van der Waals surface area contributed by atoms with Crippen molar-refractivity contribution in [2.75, 3.05) is 26.2 Å². The largest absolute Gasteiger partial charge is 0.401 e. The van der Waals surface area contributed by atoms with Crippen molar-refractivity contribution in [3.8, 4) is 0 Å². The highest BCUT2D eigenvalue weighted by molar-refractivity contribution is 4.78. The molecule has 1 aliphatic heterocycles. The molecule has 1 saturated heterocycles. The number of nitrogens with zero attached hydrogens (tertiary/aromatic N) is 1. The lowest BCUT2D eigenvalue weighted by Gasteiger charge is -2.34. The minimum Gasteiger partial charge on any atom is -0.374 e. The number of nitrogens with two attached hydrogens (primary N) is 1. The Balaban J connectivity index is 2.40. The van der Waals surface area contributed by atoms with Crippen LogP contribution in [0.2, 0.25) is 0 Å². The first-order valence-electron chi connectivity index (χ1n) is 4.55. The van der Waals surface area contributed by atoms with Gasteiger partial charge in [-0.25, -0.2) is 0 Å². The Morgan fingerprint density at radius 2 is 2.21 bits per heavy atom. The molecule has 0 aliphatic carbocycles. The van der Waals surface area contributed by atoms with E-state index in [1.54, 1.807) is 6.92 Å². The van der Waals surface area contributed by atoms with Crippen LogP contribution < -0.4 is 5.73 Å². The van der Waals surface area contributed by atoms with Crippen molar-refractivity contribution in [2.45, 2.75) is 25.2 Å². The van der Waals surface area contributed by atoms with Crippen LogP contribution in [-0.4, -0.2) is 49.5 Å². The molecule has 0 spiro atoms. The number of ether oxygens (including phenoxy) is 1. The average Bonchev–Trinajstić information content (AvgIpc) is 2.01. The van der Waals surface area contributed by atoms with Gasteiger partial charge in [0.25, 0.3) is 0 Å².